The summed E-state index contributed by atoms with van der Waals surface area (Å²) in [6, 6.07) is 17.9. The molecule has 0 amide bonds. The predicted octanol–water partition coefficient (Wildman–Crippen LogP) is 3.39. The van der Waals surface area contributed by atoms with Gasteiger partial charge in [0.2, 0.25) is 0 Å². The molecule has 30 heavy (non-hydrogen) atoms. The summed E-state index contributed by atoms with van der Waals surface area (Å²) in [7, 11) is 0. The summed E-state index contributed by atoms with van der Waals surface area (Å²) in [5, 5.41) is 10.9. The van der Waals surface area contributed by atoms with E-state index in [1.54, 1.807) is 6.20 Å². The number of aliphatic imine (C=N–C) groups is 1. The molecule has 158 valence electrons. The zero-order valence-corrected chi connectivity index (χ0v) is 19.2. The van der Waals surface area contributed by atoms with Gasteiger partial charge in [0.15, 0.2) is 17.5 Å². The molecule has 0 spiro atoms. The van der Waals surface area contributed by atoms with E-state index in [1.807, 2.05) is 60.3 Å². The fourth-order valence-corrected chi connectivity index (χ4v) is 3.06. The molecule has 0 bridgehead atoms. The van der Waals surface area contributed by atoms with Crippen LogP contribution in [0, 0.1) is 0 Å². The van der Waals surface area contributed by atoms with Gasteiger partial charge in [-0.15, -0.1) is 24.0 Å². The minimum absolute atomic E-state index is 0. The van der Waals surface area contributed by atoms with E-state index in [-0.39, 0.29) is 30.1 Å². The number of nitrogens with one attached hydrogen (secondary N) is 2. The lowest BCUT2D eigenvalue weighted by molar-refractivity contribution is 0.0936. The zero-order chi connectivity index (χ0) is 19.9. The second-order valence-electron chi connectivity index (χ2n) is 6.69. The SMILES string of the molecule is CCNC(=NCc1ccc(-n2cccn2)cc1)NCC1COc2ccccc2O1.I. The van der Waals surface area contributed by atoms with Crippen LogP contribution in [0.4, 0.5) is 0 Å². The predicted molar refractivity (Wildman–Crippen MR) is 128 cm³/mol. The number of hydrogen-bond acceptors (Lipinski definition) is 4. The van der Waals surface area contributed by atoms with Crippen LogP contribution in [-0.2, 0) is 6.54 Å². The number of rotatable bonds is 6. The molecule has 7 nitrogen and oxygen atoms in total. The Morgan fingerprint density at radius 3 is 2.63 bits per heavy atom. The average Bonchev–Trinajstić information content (AvgIpc) is 3.31. The highest BCUT2D eigenvalue weighted by Crippen LogP contribution is 2.30. The topological polar surface area (TPSA) is 72.7 Å². The monoisotopic (exact) mass is 519 g/mol. The normalized spacial score (nSPS) is 15.2. The first-order chi connectivity index (χ1) is 14.3. The maximum atomic E-state index is 5.99. The van der Waals surface area contributed by atoms with Gasteiger partial charge in [-0.05, 0) is 42.8 Å². The maximum absolute atomic E-state index is 5.99. The first-order valence-corrected chi connectivity index (χ1v) is 9.81. The lowest BCUT2D eigenvalue weighted by Crippen LogP contribution is -2.45. The quantitative estimate of drug-likeness (QED) is 0.297. The minimum atomic E-state index is -0.0675. The van der Waals surface area contributed by atoms with Crippen LogP contribution in [0.3, 0.4) is 0 Å². The van der Waals surface area contributed by atoms with E-state index < -0.39 is 0 Å². The van der Waals surface area contributed by atoms with E-state index in [2.05, 4.69) is 32.9 Å². The third-order valence-corrected chi connectivity index (χ3v) is 4.53. The van der Waals surface area contributed by atoms with Gasteiger partial charge < -0.3 is 20.1 Å². The van der Waals surface area contributed by atoms with E-state index in [9.17, 15) is 0 Å². The molecule has 0 radical (unpaired) electrons. The van der Waals surface area contributed by atoms with Gasteiger partial charge in [-0.1, -0.05) is 24.3 Å². The Balaban J connectivity index is 0.00000256. The van der Waals surface area contributed by atoms with Gasteiger partial charge in [0.1, 0.15) is 12.7 Å². The molecule has 1 aliphatic heterocycles. The molecule has 1 aromatic heterocycles. The van der Waals surface area contributed by atoms with Gasteiger partial charge >= 0.3 is 0 Å². The van der Waals surface area contributed by atoms with Crippen LogP contribution < -0.4 is 20.1 Å². The number of benzene rings is 2. The highest BCUT2D eigenvalue weighted by atomic mass is 127. The molecule has 0 saturated heterocycles. The highest BCUT2D eigenvalue weighted by molar-refractivity contribution is 14.0. The lowest BCUT2D eigenvalue weighted by Gasteiger charge is -2.27. The molecule has 4 rings (SSSR count). The average molecular weight is 519 g/mol. The van der Waals surface area contributed by atoms with Crippen LogP contribution in [0.1, 0.15) is 12.5 Å². The van der Waals surface area contributed by atoms with E-state index >= 15 is 0 Å². The number of fused-ring (bicyclic) bond motifs is 1. The summed E-state index contributed by atoms with van der Waals surface area (Å²) in [5.74, 6) is 2.33. The van der Waals surface area contributed by atoms with Crippen molar-refractivity contribution in [1.29, 1.82) is 0 Å². The Bertz CT molecular complexity index is 944. The number of halogens is 1. The Kier molecular flexibility index (Phi) is 7.95. The summed E-state index contributed by atoms with van der Waals surface area (Å²) in [5.41, 5.74) is 2.16. The van der Waals surface area contributed by atoms with Crippen LogP contribution in [-0.4, -0.2) is 41.5 Å². The fourth-order valence-electron chi connectivity index (χ4n) is 3.06. The van der Waals surface area contributed by atoms with Crippen molar-refractivity contribution < 1.29 is 9.47 Å². The molecule has 8 heteroatoms. The molecule has 0 saturated carbocycles. The molecular formula is C22H26IN5O2. The van der Waals surface area contributed by atoms with Crippen molar-refractivity contribution in [2.24, 2.45) is 4.99 Å². The molecule has 3 aromatic rings. The largest absolute Gasteiger partial charge is 0.486 e. The number of aromatic nitrogens is 2. The maximum Gasteiger partial charge on any atom is 0.191 e. The Morgan fingerprint density at radius 2 is 1.90 bits per heavy atom. The van der Waals surface area contributed by atoms with E-state index in [0.29, 0.717) is 19.7 Å². The molecule has 1 atom stereocenters. The van der Waals surface area contributed by atoms with Gasteiger partial charge in [-0.3, -0.25) is 0 Å². The van der Waals surface area contributed by atoms with E-state index in [1.165, 1.54) is 0 Å². The van der Waals surface area contributed by atoms with Crippen molar-refractivity contribution in [3.63, 3.8) is 0 Å². The van der Waals surface area contributed by atoms with Crippen LogP contribution in [0.2, 0.25) is 0 Å². The fraction of sp³-hybridized carbons (Fsp3) is 0.273. The number of hydrogen-bond donors (Lipinski definition) is 2. The molecule has 0 fully saturated rings. The van der Waals surface area contributed by atoms with Gasteiger partial charge in [0.05, 0.1) is 18.8 Å². The molecule has 2 N–H and O–H groups in total. The van der Waals surface area contributed by atoms with Crippen LogP contribution in [0.15, 0.2) is 72.0 Å². The smallest absolute Gasteiger partial charge is 0.191 e. The highest BCUT2D eigenvalue weighted by Gasteiger charge is 2.20. The van der Waals surface area contributed by atoms with Crippen LogP contribution in [0.25, 0.3) is 5.69 Å². The summed E-state index contributed by atoms with van der Waals surface area (Å²) < 4.78 is 13.6. The van der Waals surface area contributed by atoms with Crippen molar-refractivity contribution in [3.05, 3.63) is 72.6 Å². The molecule has 2 aromatic carbocycles. The molecule has 1 unspecified atom stereocenters. The van der Waals surface area contributed by atoms with E-state index in [0.717, 1.165) is 35.3 Å². The first kappa shape index (κ1) is 21.9. The molecule has 2 heterocycles. The van der Waals surface area contributed by atoms with Crippen molar-refractivity contribution in [1.82, 2.24) is 20.4 Å². The summed E-state index contributed by atoms with van der Waals surface area (Å²) in [6.07, 6.45) is 3.63. The van der Waals surface area contributed by atoms with Gasteiger partial charge in [-0.2, -0.15) is 5.10 Å². The molecule has 1 aliphatic rings. The van der Waals surface area contributed by atoms with Crippen molar-refractivity contribution in [2.75, 3.05) is 19.7 Å². The second-order valence-corrected chi connectivity index (χ2v) is 6.69. The number of ether oxygens (including phenoxy) is 2. The second kappa shape index (κ2) is 10.9. The Hall–Kier alpha value is -2.75. The van der Waals surface area contributed by atoms with Crippen molar-refractivity contribution >= 4 is 29.9 Å². The van der Waals surface area contributed by atoms with Gasteiger partial charge in [-0.25, -0.2) is 9.67 Å². The third kappa shape index (κ3) is 5.65. The number of nitrogens with zero attached hydrogens (tertiary/aromatic N) is 3. The van der Waals surface area contributed by atoms with Crippen molar-refractivity contribution in [3.8, 4) is 17.2 Å². The minimum Gasteiger partial charge on any atom is -0.486 e. The zero-order valence-electron chi connectivity index (χ0n) is 16.8. The summed E-state index contributed by atoms with van der Waals surface area (Å²) in [4.78, 5) is 4.68. The number of guanidine groups is 1. The van der Waals surface area contributed by atoms with Crippen LogP contribution in [0.5, 0.6) is 11.5 Å². The van der Waals surface area contributed by atoms with E-state index in [4.69, 9.17) is 9.47 Å². The Morgan fingerprint density at radius 1 is 1.10 bits per heavy atom. The lowest BCUT2D eigenvalue weighted by atomic mass is 10.2. The standard InChI is InChI=1S/C22H25N5O2.HI/c1-2-23-22(25-15-19-16-28-20-6-3-4-7-21(20)29-19)24-14-17-8-10-18(11-9-17)27-13-5-12-26-27;/h3-13,19H,2,14-16H2,1H3,(H2,23,24,25);1H. The Labute approximate surface area is 193 Å². The van der Waals surface area contributed by atoms with Gasteiger partial charge in [0, 0.05) is 18.9 Å². The first-order valence-electron chi connectivity index (χ1n) is 9.81. The summed E-state index contributed by atoms with van der Waals surface area (Å²) in [6.45, 7) is 4.54. The van der Waals surface area contributed by atoms with Crippen molar-refractivity contribution in [2.45, 2.75) is 19.6 Å². The van der Waals surface area contributed by atoms with Gasteiger partial charge in [0.25, 0.3) is 0 Å². The molecular weight excluding hydrogens is 493 g/mol. The molecule has 0 aliphatic carbocycles. The third-order valence-electron chi connectivity index (χ3n) is 4.53. The van der Waals surface area contributed by atoms with Crippen LogP contribution >= 0.6 is 24.0 Å². The summed E-state index contributed by atoms with van der Waals surface area (Å²) >= 11 is 0. The number of para-hydroxylation sites is 2.